The minimum atomic E-state index is -1.25. The molecule has 4 unspecified atom stereocenters. The van der Waals surface area contributed by atoms with Crippen molar-refractivity contribution in [1.29, 1.82) is 0 Å². The lowest BCUT2D eigenvalue weighted by Crippen LogP contribution is -2.57. The topological polar surface area (TPSA) is 139 Å². The predicted octanol–water partition coefficient (Wildman–Crippen LogP) is 9.77. The van der Waals surface area contributed by atoms with Gasteiger partial charge in [0, 0.05) is 41.3 Å². The Morgan fingerprint density at radius 1 is 0.857 bits per heavy atom. The summed E-state index contributed by atoms with van der Waals surface area (Å²) in [6.45, 7) is 6.46. The fourth-order valence-corrected chi connectivity index (χ4v) is 8.54. The summed E-state index contributed by atoms with van der Waals surface area (Å²) >= 11 is 12.3. The van der Waals surface area contributed by atoms with Gasteiger partial charge in [-0.25, -0.2) is 9.59 Å². The Kier molecular flexibility index (Phi) is 12.9. The van der Waals surface area contributed by atoms with E-state index in [2.05, 4.69) is 15.6 Å². The molecule has 0 saturated carbocycles. The van der Waals surface area contributed by atoms with E-state index in [1.54, 1.807) is 24.4 Å². The summed E-state index contributed by atoms with van der Waals surface area (Å²) in [4.78, 5) is 46.9. The lowest BCUT2D eigenvalue weighted by atomic mass is 9.92. The number of aromatic nitrogens is 1. The summed E-state index contributed by atoms with van der Waals surface area (Å²) in [7, 11) is 0. The zero-order chi connectivity index (χ0) is 44.2. The van der Waals surface area contributed by atoms with Gasteiger partial charge in [-0.05, 0) is 119 Å². The van der Waals surface area contributed by atoms with E-state index < -0.39 is 36.1 Å². The van der Waals surface area contributed by atoms with Gasteiger partial charge >= 0.3 is 12.0 Å². The number of amides is 3. The summed E-state index contributed by atoms with van der Waals surface area (Å²) < 4.78 is 18.7. The second kappa shape index (κ2) is 18.8. The van der Waals surface area contributed by atoms with Gasteiger partial charge in [0.25, 0.3) is 0 Å². The fourth-order valence-electron chi connectivity index (χ4n) is 7.97. The van der Waals surface area contributed by atoms with E-state index in [0.29, 0.717) is 33.9 Å². The van der Waals surface area contributed by atoms with Crippen molar-refractivity contribution in [3.8, 4) is 28.4 Å². The van der Waals surface area contributed by atoms with E-state index in [-0.39, 0.29) is 32.0 Å². The van der Waals surface area contributed by atoms with Crippen molar-refractivity contribution in [2.45, 2.75) is 71.0 Å². The largest absolute Gasteiger partial charge is 0.489 e. The first-order valence-electron chi connectivity index (χ1n) is 20.7. The first-order chi connectivity index (χ1) is 30.4. The maximum absolute atomic E-state index is 14.3. The number of urea groups is 1. The molecule has 0 radical (unpaired) electrons. The molecule has 2 aliphatic rings. The molecule has 2 aliphatic heterocycles. The molecular formula is C50H46Cl2N4O7. The number of hydrogen-bond acceptors (Lipinski definition) is 7. The zero-order valence-electron chi connectivity index (χ0n) is 34.9. The van der Waals surface area contributed by atoms with E-state index in [9.17, 15) is 19.5 Å². The highest BCUT2D eigenvalue weighted by molar-refractivity contribution is 6.34. The SMILES string of the molecule is Cc1nccc(-c2ccc(CC(NC(=O)C3Cc4cc5c(cc4CN3C(=O)NC(C)c3ccccc3)OC(c3ccc(OCc4cc(Cl)cc(Cl)c4)cc3)CO5)C(=O)O)cc2)c1C. The minimum Gasteiger partial charge on any atom is -0.489 e. The molecule has 4 atom stereocenters. The van der Waals surface area contributed by atoms with Crippen LogP contribution in [0.5, 0.6) is 17.2 Å². The lowest BCUT2D eigenvalue weighted by molar-refractivity contribution is -0.142. The maximum Gasteiger partial charge on any atom is 0.326 e. The van der Waals surface area contributed by atoms with Crippen molar-refractivity contribution in [1.82, 2.24) is 20.5 Å². The third-order valence-corrected chi connectivity index (χ3v) is 12.1. The molecule has 0 fully saturated rings. The Labute approximate surface area is 375 Å². The van der Waals surface area contributed by atoms with Crippen LogP contribution in [0.2, 0.25) is 10.0 Å². The summed E-state index contributed by atoms with van der Waals surface area (Å²) in [5, 5.41) is 17.2. The third-order valence-electron chi connectivity index (χ3n) is 11.6. The van der Waals surface area contributed by atoms with Crippen LogP contribution in [0.1, 0.15) is 63.7 Å². The minimum absolute atomic E-state index is 0.0458. The van der Waals surface area contributed by atoms with Crippen molar-refractivity contribution in [2.24, 2.45) is 0 Å². The van der Waals surface area contributed by atoms with E-state index in [1.807, 2.05) is 118 Å². The van der Waals surface area contributed by atoms with Gasteiger partial charge in [-0.3, -0.25) is 9.78 Å². The van der Waals surface area contributed by atoms with Gasteiger partial charge in [0.1, 0.15) is 31.0 Å². The molecule has 63 heavy (non-hydrogen) atoms. The molecule has 322 valence electrons. The van der Waals surface area contributed by atoms with Gasteiger partial charge in [-0.15, -0.1) is 0 Å². The number of pyridine rings is 1. The number of ether oxygens (including phenoxy) is 3. The van der Waals surface area contributed by atoms with Crippen molar-refractivity contribution in [2.75, 3.05) is 6.61 Å². The quantitative estimate of drug-likeness (QED) is 0.110. The molecule has 11 nitrogen and oxygen atoms in total. The molecule has 6 aromatic rings. The fraction of sp³-hybridized carbons (Fsp3) is 0.240. The number of nitrogens with zero attached hydrogens (tertiary/aromatic N) is 2. The van der Waals surface area contributed by atoms with Crippen LogP contribution in [0.3, 0.4) is 0 Å². The Morgan fingerprint density at radius 3 is 2.29 bits per heavy atom. The van der Waals surface area contributed by atoms with Crippen LogP contribution >= 0.6 is 23.2 Å². The number of hydrogen-bond donors (Lipinski definition) is 3. The van der Waals surface area contributed by atoms with Crippen molar-refractivity contribution in [3.63, 3.8) is 0 Å². The van der Waals surface area contributed by atoms with Crippen LogP contribution in [-0.2, 0) is 35.6 Å². The zero-order valence-corrected chi connectivity index (χ0v) is 36.5. The number of aryl methyl sites for hydroxylation is 1. The molecule has 3 heterocycles. The van der Waals surface area contributed by atoms with Gasteiger partial charge in [0.15, 0.2) is 17.6 Å². The van der Waals surface area contributed by atoms with E-state index >= 15 is 0 Å². The highest BCUT2D eigenvalue weighted by Gasteiger charge is 2.38. The lowest BCUT2D eigenvalue weighted by Gasteiger charge is -2.38. The Morgan fingerprint density at radius 2 is 1.57 bits per heavy atom. The molecule has 0 aliphatic carbocycles. The van der Waals surface area contributed by atoms with Crippen LogP contribution in [0, 0.1) is 13.8 Å². The number of nitrogens with one attached hydrogen (secondary N) is 2. The number of carbonyl (C=O) groups is 3. The van der Waals surface area contributed by atoms with Gasteiger partial charge in [0.2, 0.25) is 5.91 Å². The monoisotopic (exact) mass is 884 g/mol. The normalized spacial score (nSPS) is 16.3. The number of aliphatic carboxylic acids is 1. The van der Waals surface area contributed by atoms with Gasteiger partial charge < -0.3 is 34.9 Å². The average molecular weight is 886 g/mol. The number of halogens is 2. The number of carbonyl (C=O) groups excluding carboxylic acids is 2. The van der Waals surface area contributed by atoms with Crippen molar-refractivity contribution < 1.29 is 33.7 Å². The van der Waals surface area contributed by atoms with Crippen LogP contribution in [0.15, 0.2) is 121 Å². The van der Waals surface area contributed by atoms with Gasteiger partial charge in [0.05, 0.1) is 6.04 Å². The highest BCUT2D eigenvalue weighted by Crippen LogP contribution is 2.41. The number of carboxylic acid groups (broad SMARTS) is 1. The number of benzene rings is 5. The number of fused-ring (bicyclic) bond motifs is 2. The predicted molar refractivity (Wildman–Crippen MR) is 241 cm³/mol. The highest BCUT2D eigenvalue weighted by atomic mass is 35.5. The molecule has 1 aromatic heterocycles. The average Bonchev–Trinajstić information content (AvgIpc) is 3.28. The third kappa shape index (κ3) is 10.1. The Balaban J connectivity index is 0.988. The molecule has 3 N–H and O–H groups in total. The molecule has 0 saturated heterocycles. The summed E-state index contributed by atoms with van der Waals surface area (Å²) in [6, 6.07) is 32.6. The van der Waals surface area contributed by atoms with Crippen LogP contribution < -0.4 is 24.8 Å². The summed E-state index contributed by atoms with van der Waals surface area (Å²) in [5.41, 5.74) is 8.97. The van der Waals surface area contributed by atoms with Gasteiger partial charge in [-0.2, -0.15) is 0 Å². The number of carboxylic acids is 1. The Hall–Kier alpha value is -6.56. The Bertz CT molecular complexity index is 2620. The van der Waals surface area contributed by atoms with Crippen molar-refractivity contribution in [3.05, 3.63) is 176 Å². The smallest absolute Gasteiger partial charge is 0.326 e. The summed E-state index contributed by atoms with van der Waals surface area (Å²) in [5.74, 6) is -0.0693. The van der Waals surface area contributed by atoms with E-state index in [0.717, 1.165) is 55.8 Å². The first kappa shape index (κ1) is 43.1. The maximum atomic E-state index is 14.3. The second-order valence-electron chi connectivity index (χ2n) is 15.9. The first-order valence-corrected chi connectivity index (χ1v) is 21.4. The molecule has 0 spiro atoms. The van der Waals surface area contributed by atoms with Crippen LogP contribution in [-0.4, -0.2) is 51.6 Å². The number of rotatable bonds is 12. The molecule has 5 aromatic carbocycles. The second-order valence-corrected chi connectivity index (χ2v) is 16.8. The van der Waals surface area contributed by atoms with Crippen molar-refractivity contribution >= 4 is 41.1 Å². The van der Waals surface area contributed by atoms with E-state index in [1.165, 1.54) is 4.90 Å². The molecule has 13 heteroatoms. The van der Waals surface area contributed by atoms with Gasteiger partial charge in [-0.1, -0.05) is 89.9 Å². The molecular weight excluding hydrogens is 839 g/mol. The summed E-state index contributed by atoms with van der Waals surface area (Å²) in [6.07, 6.45) is 1.52. The van der Waals surface area contributed by atoms with Crippen LogP contribution in [0.25, 0.3) is 11.1 Å². The molecule has 8 rings (SSSR count). The standard InChI is InChI=1S/C50H46Cl2N4O7/c1-29-30(2)53-18-17-42(29)35-11-9-32(10-12-35)21-43(49(58)59)55-48(57)44-22-37-23-45-46(24-38(37)26-56(44)50(60)54-31(3)34-7-5-4-6-8-34)63-47(28-62-45)36-13-15-41(16-14-36)61-27-33-19-39(51)25-40(52)20-33/h4-20,23-25,31,43-44,47H,21-22,26-28H2,1-3H3,(H,54,60)(H,55,57)(H,58,59). The van der Waals surface area contributed by atoms with E-state index in [4.69, 9.17) is 37.4 Å². The van der Waals surface area contributed by atoms with Crippen LogP contribution in [0.4, 0.5) is 4.79 Å². The molecule has 3 amide bonds. The molecule has 0 bridgehead atoms.